The van der Waals surface area contributed by atoms with Crippen LogP contribution in [-0.2, 0) is 0 Å². The minimum atomic E-state index is 0. The fourth-order valence-electron chi connectivity index (χ4n) is 2.80. The molecule has 3 rings (SSSR count). The van der Waals surface area contributed by atoms with Gasteiger partial charge in [0.2, 0.25) is 0 Å². The van der Waals surface area contributed by atoms with E-state index in [9.17, 15) is 0 Å². The van der Waals surface area contributed by atoms with E-state index in [1.807, 2.05) is 0 Å². The maximum Gasteiger partial charge on any atom is 0.199 e. The van der Waals surface area contributed by atoms with Crippen molar-refractivity contribution in [2.45, 2.75) is 0 Å². The molecular weight excluding hydrogens is 428 g/mol. The molecule has 1 aromatic heterocycles. The number of benzene rings is 1. The first-order valence-electron chi connectivity index (χ1n) is 8.13. The van der Waals surface area contributed by atoms with Gasteiger partial charge in [-0.05, 0) is 68.4 Å². The van der Waals surface area contributed by atoms with E-state index in [1.165, 1.54) is 33.7 Å². The third kappa shape index (κ3) is 4.37. The number of thiophene rings is 1. The van der Waals surface area contributed by atoms with Crippen LogP contribution < -0.4 is 17.3 Å². The molecule has 1 aliphatic rings. The van der Waals surface area contributed by atoms with Crippen molar-refractivity contribution in [3.8, 4) is 0 Å². The summed E-state index contributed by atoms with van der Waals surface area (Å²) in [5.74, 6) is 0. The summed E-state index contributed by atoms with van der Waals surface area (Å²) in [6.07, 6.45) is 8.75. The number of allylic oxidation sites excluding steroid dienone is 5. The van der Waals surface area contributed by atoms with Gasteiger partial charge in [-0.15, -0.1) is 11.3 Å². The fraction of sp³-hybridized carbons (Fsp3) is 0.190. The molecule has 0 fully saturated rings. The van der Waals surface area contributed by atoms with E-state index in [0.717, 1.165) is 3.79 Å². The molecule has 2 nitrogen and oxygen atoms in total. The first kappa shape index (κ1) is 20.7. The highest BCUT2D eigenvalue weighted by atomic mass is 79.9. The van der Waals surface area contributed by atoms with Crippen molar-refractivity contribution in [3.05, 3.63) is 80.5 Å². The van der Waals surface area contributed by atoms with Gasteiger partial charge in [-0.3, -0.25) is 0 Å². The van der Waals surface area contributed by atoms with Crippen LogP contribution in [0.25, 0.3) is 5.57 Å². The number of anilines is 1. The molecule has 0 saturated heterocycles. The number of nitrogens with zero attached hydrogens (tertiary/aromatic N) is 2. The summed E-state index contributed by atoms with van der Waals surface area (Å²) in [4.78, 5) is 2.12. The van der Waals surface area contributed by atoms with E-state index < -0.39 is 0 Å². The molecule has 1 aliphatic carbocycles. The molecule has 0 saturated carbocycles. The molecule has 26 heavy (non-hydrogen) atoms. The molecule has 5 heteroatoms. The van der Waals surface area contributed by atoms with Gasteiger partial charge in [0.15, 0.2) is 5.71 Å². The number of hydrogen-bond acceptors (Lipinski definition) is 2. The van der Waals surface area contributed by atoms with Gasteiger partial charge in [-0.2, -0.15) is 0 Å². The summed E-state index contributed by atoms with van der Waals surface area (Å²) in [5, 5.41) is 2.13. The fourth-order valence-corrected chi connectivity index (χ4v) is 4.08. The minimum Gasteiger partial charge on any atom is -1.00 e. The number of rotatable bonds is 3. The lowest BCUT2D eigenvalue weighted by Crippen LogP contribution is -3.00. The highest BCUT2D eigenvalue weighted by molar-refractivity contribution is 9.11. The Kier molecular flexibility index (Phi) is 7.04. The topological polar surface area (TPSA) is 6.25 Å². The standard InChI is InChI=1S/C21H22BrN2S.ClH/c1-23(2)17-9-5-15(6-10-17)20(19-13-14-25-21(19)22)16-7-11-18(12-8-16)24(3)4;/h5-14H,1-4H3;1H/q+1;/p-1. The van der Waals surface area contributed by atoms with Crippen molar-refractivity contribution >= 4 is 44.2 Å². The van der Waals surface area contributed by atoms with E-state index in [1.54, 1.807) is 11.3 Å². The third-order valence-electron chi connectivity index (χ3n) is 4.23. The zero-order valence-electron chi connectivity index (χ0n) is 15.3. The average Bonchev–Trinajstić information content (AvgIpc) is 3.02. The highest BCUT2D eigenvalue weighted by Gasteiger charge is 2.16. The Hall–Kier alpha value is -1.62. The van der Waals surface area contributed by atoms with Crippen LogP contribution in [0.5, 0.6) is 0 Å². The summed E-state index contributed by atoms with van der Waals surface area (Å²) >= 11 is 5.44. The van der Waals surface area contributed by atoms with Crippen molar-refractivity contribution < 1.29 is 17.0 Å². The van der Waals surface area contributed by atoms with Gasteiger partial charge in [-0.1, -0.05) is 12.1 Å². The first-order valence-corrected chi connectivity index (χ1v) is 9.80. The second kappa shape index (κ2) is 8.85. The molecule has 0 aliphatic heterocycles. The molecule has 0 radical (unpaired) electrons. The highest BCUT2D eigenvalue weighted by Crippen LogP contribution is 2.37. The largest absolute Gasteiger partial charge is 1.00 e. The zero-order chi connectivity index (χ0) is 18.0. The Bertz CT molecular complexity index is 880. The molecule has 0 unspecified atom stereocenters. The zero-order valence-corrected chi connectivity index (χ0v) is 18.5. The number of halogens is 2. The molecule has 1 aromatic carbocycles. The molecule has 136 valence electrons. The monoisotopic (exact) mass is 448 g/mol. The molecule has 0 atom stereocenters. The summed E-state index contributed by atoms with van der Waals surface area (Å²) in [6.45, 7) is 0. The van der Waals surface area contributed by atoms with Crippen LogP contribution in [-0.4, -0.2) is 38.5 Å². The molecular formula is C21H22BrClN2S. The van der Waals surface area contributed by atoms with Gasteiger partial charge in [0, 0.05) is 37.5 Å². The Morgan fingerprint density at radius 2 is 1.58 bits per heavy atom. The second-order valence-corrected chi connectivity index (χ2v) is 8.60. The van der Waals surface area contributed by atoms with Crippen LogP contribution in [0.1, 0.15) is 11.1 Å². The minimum absolute atomic E-state index is 0. The van der Waals surface area contributed by atoms with Gasteiger partial charge in [0.05, 0.1) is 3.79 Å². The van der Waals surface area contributed by atoms with Crippen LogP contribution in [0.15, 0.2) is 69.4 Å². The van der Waals surface area contributed by atoms with Gasteiger partial charge in [0.1, 0.15) is 14.1 Å². The third-order valence-corrected chi connectivity index (χ3v) is 5.92. The molecule has 0 spiro atoms. The predicted molar refractivity (Wildman–Crippen MR) is 114 cm³/mol. The van der Waals surface area contributed by atoms with Crippen molar-refractivity contribution in [2.24, 2.45) is 0 Å². The lowest BCUT2D eigenvalue weighted by Gasteiger charge is -2.16. The van der Waals surface area contributed by atoms with Crippen molar-refractivity contribution in [1.29, 1.82) is 0 Å². The van der Waals surface area contributed by atoms with E-state index in [4.69, 9.17) is 0 Å². The first-order chi connectivity index (χ1) is 12.0. The van der Waals surface area contributed by atoms with Crippen molar-refractivity contribution in [3.63, 3.8) is 0 Å². The Morgan fingerprint density at radius 1 is 0.962 bits per heavy atom. The van der Waals surface area contributed by atoms with Gasteiger partial charge in [-0.25, -0.2) is 4.58 Å². The average molecular weight is 450 g/mol. The van der Waals surface area contributed by atoms with Crippen LogP contribution in [0, 0.1) is 0 Å². The summed E-state index contributed by atoms with van der Waals surface area (Å²) in [6, 6.07) is 10.9. The summed E-state index contributed by atoms with van der Waals surface area (Å²) in [7, 11) is 8.26. The molecule has 2 aromatic rings. The maximum absolute atomic E-state index is 3.72. The molecule has 0 N–H and O–H groups in total. The normalized spacial score (nSPS) is 12.8. The van der Waals surface area contributed by atoms with E-state index in [-0.39, 0.29) is 12.4 Å². The quantitative estimate of drug-likeness (QED) is 0.651. The van der Waals surface area contributed by atoms with Gasteiger partial charge < -0.3 is 17.3 Å². The number of hydrogen-bond donors (Lipinski definition) is 0. The summed E-state index contributed by atoms with van der Waals surface area (Å²) in [5.41, 5.74) is 7.35. The Labute approximate surface area is 174 Å². The predicted octanol–water partition coefficient (Wildman–Crippen LogP) is 2.22. The summed E-state index contributed by atoms with van der Waals surface area (Å²) < 4.78 is 3.28. The maximum atomic E-state index is 3.72. The van der Waals surface area contributed by atoms with Gasteiger partial charge in [0.25, 0.3) is 0 Å². The van der Waals surface area contributed by atoms with Gasteiger partial charge >= 0.3 is 0 Å². The Balaban J connectivity index is 0.00000243. The van der Waals surface area contributed by atoms with Crippen molar-refractivity contribution in [1.82, 2.24) is 0 Å². The Morgan fingerprint density at radius 3 is 2.04 bits per heavy atom. The van der Waals surface area contributed by atoms with Crippen LogP contribution in [0.3, 0.4) is 0 Å². The van der Waals surface area contributed by atoms with E-state index >= 15 is 0 Å². The smallest absolute Gasteiger partial charge is 0.199 e. The lowest BCUT2D eigenvalue weighted by atomic mass is 9.92. The SMILES string of the molecule is CN(C)c1ccc(C(=C2C=CC(=[N+](C)C)C=C2)c2ccsc2Br)cc1.[Cl-]. The van der Waals surface area contributed by atoms with E-state index in [0.29, 0.717) is 0 Å². The van der Waals surface area contributed by atoms with Crippen LogP contribution in [0.2, 0.25) is 0 Å². The second-order valence-electron chi connectivity index (χ2n) is 6.37. The van der Waals surface area contributed by atoms with Crippen LogP contribution >= 0.6 is 27.3 Å². The van der Waals surface area contributed by atoms with Crippen LogP contribution in [0.4, 0.5) is 5.69 Å². The molecule has 0 bridgehead atoms. The van der Waals surface area contributed by atoms with E-state index in [2.05, 4.69) is 114 Å². The molecule has 0 amide bonds. The molecule has 1 heterocycles. The van der Waals surface area contributed by atoms with Crippen molar-refractivity contribution in [2.75, 3.05) is 33.1 Å². The lowest BCUT2D eigenvalue weighted by molar-refractivity contribution is -0.462.